The van der Waals surface area contributed by atoms with Crippen LogP contribution in [0.25, 0.3) is 104 Å². The summed E-state index contributed by atoms with van der Waals surface area (Å²) in [6.45, 7) is 0. The van der Waals surface area contributed by atoms with Gasteiger partial charge in [-0.05, 0) is 74.1 Å². The standard InChI is InChI=1S/C48H29NO/c1-2-13-30(14-3-1)32-15-12-16-33(29-32)31-25-27-34(28-26-31)49-41-23-10-8-21-39(41)45-43-37-19-6-4-17-35(37)36-18-5-7-20-38(36)44(43)46-40-22-9-11-24-42(40)50-48(46)47(45)49/h1-29H. The second kappa shape index (κ2) is 10.4. The lowest BCUT2D eigenvalue weighted by Crippen LogP contribution is -1.95. The van der Waals surface area contributed by atoms with E-state index in [0.29, 0.717) is 0 Å². The number of benzene rings is 9. The van der Waals surface area contributed by atoms with Gasteiger partial charge in [0, 0.05) is 38.0 Å². The quantitative estimate of drug-likeness (QED) is 0.177. The third kappa shape index (κ3) is 3.79. The van der Waals surface area contributed by atoms with E-state index < -0.39 is 0 Å². The Kier molecular flexibility index (Phi) is 5.70. The molecule has 50 heavy (non-hydrogen) atoms. The summed E-state index contributed by atoms with van der Waals surface area (Å²) in [6, 6.07) is 63.5. The van der Waals surface area contributed by atoms with Crippen LogP contribution in [-0.4, -0.2) is 4.57 Å². The van der Waals surface area contributed by atoms with Gasteiger partial charge in [-0.2, -0.15) is 0 Å². The van der Waals surface area contributed by atoms with Gasteiger partial charge in [-0.15, -0.1) is 0 Å². The largest absolute Gasteiger partial charge is 0.454 e. The molecule has 0 N–H and O–H groups in total. The molecule has 0 spiro atoms. The fraction of sp³-hybridized carbons (Fsp3) is 0. The van der Waals surface area contributed by atoms with Crippen LogP contribution in [0.1, 0.15) is 0 Å². The van der Waals surface area contributed by atoms with Gasteiger partial charge in [0.1, 0.15) is 5.58 Å². The van der Waals surface area contributed by atoms with Gasteiger partial charge in [0.25, 0.3) is 0 Å². The summed E-state index contributed by atoms with van der Waals surface area (Å²) < 4.78 is 9.37. The van der Waals surface area contributed by atoms with Crippen LogP contribution in [-0.2, 0) is 0 Å². The number of nitrogens with zero attached hydrogens (tertiary/aromatic N) is 1. The van der Waals surface area contributed by atoms with Crippen LogP contribution < -0.4 is 0 Å². The predicted octanol–water partition coefficient (Wildman–Crippen LogP) is 13.5. The fourth-order valence-corrected chi connectivity index (χ4v) is 8.41. The highest BCUT2D eigenvalue weighted by molar-refractivity contribution is 6.44. The summed E-state index contributed by atoms with van der Waals surface area (Å²) in [5.41, 5.74) is 10.0. The average Bonchev–Trinajstić information content (AvgIpc) is 3.75. The molecule has 11 rings (SSSR count). The first-order valence-electron chi connectivity index (χ1n) is 17.2. The number of hydrogen-bond donors (Lipinski definition) is 0. The topological polar surface area (TPSA) is 18.1 Å². The molecule has 0 atom stereocenters. The number of furan rings is 1. The smallest absolute Gasteiger partial charge is 0.160 e. The van der Waals surface area contributed by atoms with Crippen molar-refractivity contribution in [1.29, 1.82) is 0 Å². The number of hydrogen-bond acceptors (Lipinski definition) is 1. The van der Waals surface area contributed by atoms with E-state index in [1.54, 1.807) is 0 Å². The van der Waals surface area contributed by atoms with E-state index in [1.807, 2.05) is 0 Å². The number of rotatable bonds is 3. The molecule has 0 radical (unpaired) electrons. The van der Waals surface area contributed by atoms with Crippen molar-refractivity contribution in [2.45, 2.75) is 0 Å². The van der Waals surface area contributed by atoms with Gasteiger partial charge in [-0.3, -0.25) is 0 Å². The van der Waals surface area contributed by atoms with E-state index in [4.69, 9.17) is 4.42 Å². The van der Waals surface area contributed by atoms with Crippen LogP contribution in [0.15, 0.2) is 180 Å². The van der Waals surface area contributed by atoms with Crippen LogP contribution >= 0.6 is 0 Å². The minimum Gasteiger partial charge on any atom is -0.454 e. The molecule has 0 aliphatic heterocycles. The van der Waals surface area contributed by atoms with Gasteiger partial charge < -0.3 is 8.98 Å². The Balaban J connectivity index is 1.27. The SMILES string of the molecule is c1ccc(-c2cccc(-c3ccc(-n4c5ccccc5c5c6c7ccccc7c7ccccc7c6c6c7ccccc7oc6c54)cc3)c2)cc1. The molecule has 2 heteroatoms. The minimum absolute atomic E-state index is 0.902. The lowest BCUT2D eigenvalue weighted by Gasteiger charge is -2.14. The molecule has 0 fully saturated rings. The van der Waals surface area contributed by atoms with Crippen LogP contribution in [0.4, 0.5) is 0 Å². The maximum Gasteiger partial charge on any atom is 0.160 e. The summed E-state index contributed by atoms with van der Waals surface area (Å²) in [5.74, 6) is 0. The average molecular weight is 636 g/mol. The van der Waals surface area contributed by atoms with Gasteiger partial charge in [-0.25, -0.2) is 0 Å². The normalized spacial score (nSPS) is 12.0. The Morgan fingerprint density at radius 2 is 0.860 bits per heavy atom. The first-order chi connectivity index (χ1) is 24.8. The highest BCUT2D eigenvalue weighted by Crippen LogP contribution is 2.50. The highest BCUT2D eigenvalue weighted by Gasteiger charge is 2.25. The summed E-state index contributed by atoms with van der Waals surface area (Å²) in [4.78, 5) is 0. The first kappa shape index (κ1) is 27.3. The maximum absolute atomic E-state index is 6.95. The van der Waals surface area contributed by atoms with E-state index in [0.717, 1.165) is 33.3 Å². The molecule has 2 nitrogen and oxygen atoms in total. The Hall–Kier alpha value is -6.64. The summed E-state index contributed by atoms with van der Waals surface area (Å²) in [7, 11) is 0. The molecule has 0 aliphatic carbocycles. The summed E-state index contributed by atoms with van der Waals surface area (Å²) in [6.07, 6.45) is 0. The predicted molar refractivity (Wildman–Crippen MR) is 211 cm³/mol. The van der Waals surface area contributed by atoms with Crippen molar-refractivity contribution in [2.24, 2.45) is 0 Å². The minimum atomic E-state index is 0.902. The first-order valence-corrected chi connectivity index (χ1v) is 17.2. The lowest BCUT2D eigenvalue weighted by atomic mass is 9.89. The Morgan fingerprint density at radius 1 is 0.340 bits per heavy atom. The molecule has 11 aromatic rings. The fourth-order valence-electron chi connectivity index (χ4n) is 8.41. The zero-order chi connectivity index (χ0) is 32.8. The molecule has 232 valence electrons. The molecule has 0 aliphatic rings. The van der Waals surface area contributed by atoms with E-state index in [2.05, 4.69) is 180 Å². The van der Waals surface area contributed by atoms with Crippen molar-refractivity contribution in [3.63, 3.8) is 0 Å². The zero-order valence-corrected chi connectivity index (χ0v) is 27.1. The van der Waals surface area contributed by atoms with E-state index in [-0.39, 0.29) is 0 Å². The van der Waals surface area contributed by atoms with E-state index in [9.17, 15) is 0 Å². The van der Waals surface area contributed by atoms with Gasteiger partial charge in [-0.1, -0.05) is 146 Å². The summed E-state index contributed by atoms with van der Waals surface area (Å²) >= 11 is 0. The van der Waals surface area contributed by atoms with Crippen molar-refractivity contribution in [1.82, 2.24) is 4.57 Å². The zero-order valence-electron chi connectivity index (χ0n) is 27.1. The molecule has 0 saturated heterocycles. The van der Waals surface area contributed by atoms with Gasteiger partial charge in [0.2, 0.25) is 0 Å². The van der Waals surface area contributed by atoms with Crippen LogP contribution in [0.2, 0.25) is 0 Å². The Bertz CT molecular complexity index is 3130. The van der Waals surface area contributed by atoms with Crippen LogP contribution in [0.3, 0.4) is 0 Å². The lowest BCUT2D eigenvalue weighted by molar-refractivity contribution is 0.671. The molecule has 0 amide bonds. The molecule has 2 aromatic heterocycles. The van der Waals surface area contributed by atoms with Crippen molar-refractivity contribution in [2.75, 3.05) is 0 Å². The number of para-hydroxylation sites is 2. The Morgan fingerprint density at radius 3 is 1.56 bits per heavy atom. The van der Waals surface area contributed by atoms with Gasteiger partial charge in [0.15, 0.2) is 5.58 Å². The highest BCUT2D eigenvalue weighted by atomic mass is 16.3. The molecular weight excluding hydrogens is 607 g/mol. The van der Waals surface area contributed by atoms with E-state index in [1.165, 1.54) is 70.7 Å². The third-order valence-electron chi connectivity index (χ3n) is 10.5. The van der Waals surface area contributed by atoms with Crippen molar-refractivity contribution >= 4 is 76.1 Å². The molecule has 0 saturated carbocycles. The molecular formula is C48H29NO. The number of aromatic nitrogens is 1. The molecule has 0 unspecified atom stereocenters. The Labute approximate surface area is 288 Å². The second-order valence-corrected chi connectivity index (χ2v) is 13.2. The number of fused-ring (bicyclic) bond motifs is 15. The monoisotopic (exact) mass is 635 g/mol. The molecule has 0 bridgehead atoms. The molecule has 9 aromatic carbocycles. The molecule has 2 heterocycles. The third-order valence-corrected chi connectivity index (χ3v) is 10.5. The van der Waals surface area contributed by atoms with Crippen LogP contribution in [0, 0.1) is 0 Å². The van der Waals surface area contributed by atoms with Crippen molar-refractivity contribution in [3.05, 3.63) is 176 Å². The maximum atomic E-state index is 6.95. The van der Waals surface area contributed by atoms with Crippen molar-refractivity contribution < 1.29 is 4.42 Å². The van der Waals surface area contributed by atoms with Gasteiger partial charge in [0.05, 0.1) is 11.0 Å². The van der Waals surface area contributed by atoms with Gasteiger partial charge >= 0.3 is 0 Å². The second-order valence-electron chi connectivity index (χ2n) is 13.2. The van der Waals surface area contributed by atoms with E-state index >= 15 is 0 Å². The summed E-state index contributed by atoms with van der Waals surface area (Å²) in [5, 5.41) is 12.3. The van der Waals surface area contributed by atoms with Crippen molar-refractivity contribution in [3.8, 4) is 27.9 Å². The van der Waals surface area contributed by atoms with Crippen LogP contribution in [0.5, 0.6) is 0 Å².